The van der Waals surface area contributed by atoms with Crippen LogP contribution in [0.1, 0.15) is 20.8 Å². The molecule has 0 saturated carbocycles. The first-order chi connectivity index (χ1) is 4.99. The van der Waals surface area contributed by atoms with Crippen LogP contribution in [-0.2, 0) is 9.53 Å². The number of nitrogens with zero attached hydrogens (tertiary/aromatic N) is 1. The predicted molar refractivity (Wildman–Crippen MR) is 39.7 cm³/mol. The van der Waals surface area contributed by atoms with Gasteiger partial charge in [0.2, 0.25) is 0 Å². The van der Waals surface area contributed by atoms with Crippen molar-refractivity contribution in [2.45, 2.75) is 32.4 Å². The molecular formula is C8H11NO2. The van der Waals surface area contributed by atoms with Crippen molar-refractivity contribution in [3.63, 3.8) is 0 Å². The highest BCUT2D eigenvalue weighted by Crippen LogP contribution is 2.33. The molecule has 0 aromatic rings. The van der Waals surface area contributed by atoms with Gasteiger partial charge in [-0.2, -0.15) is 0 Å². The molecule has 0 radical (unpaired) electrons. The molecule has 1 aliphatic heterocycles. The molecule has 0 bridgehead atoms. The molecule has 1 saturated heterocycles. The monoisotopic (exact) mass is 153 g/mol. The molecule has 0 amide bonds. The largest absolute Gasteiger partial charge is 0.453 e. The van der Waals surface area contributed by atoms with E-state index in [1.165, 1.54) is 0 Å². The van der Waals surface area contributed by atoms with Gasteiger partial charge in [-0.15, -0.1) is 0 Å². The normalized spacial score (nSPS) is 34.5. The summed E-state index contributed by atoms with van der Waals surface area (Å²) in [4.78, 5) is 14.2. The lowest BCUT2D eigenvalue weighted by atomic mass is 9.90. The van der Waals surface area contributed by atoms with E-state index in [0.717, 1.165) is 0 Å². The molecule has 0 aromatic heterocycles. The molecule has 1 rings (SSSR count). The van der Waals surface area contributed by atoms with Crippen LogP contribution in [0.15, 0.2) is 0 Å². The molecule has 0 spiro atoms. The van der Waals surface area contributed by atoms with Crippen LogP contribution < -0.4 is 0 Å². The molecule has 3 nitrogen and oxygen atoms in total. The average Bonchev–Trinajstić information content (AvgIpc) is 2.04. The number of hydrogen-bond donors (Lipinski definition) is 0. The highest BCUT2D eigenvalue weighted by atomic mass is 16.6. The van der Waals surface area contributed by atoms with Crippen LogP contribution in [0, 0.1) is 12.5 Å². The fourth-order valence-corrected chi connectivity index (χ4v) is 1.16. The summed E-state index contributed by atoms with van der Waals surface area (Å²) in [6, 6.07) is -0.593. The Morgan fingerprint density at radius 3 is 2.36 bits per heavy atom. The summed E-state index contributed by atoms with van der Waals surface area (Å²) in [5.74, 6) is -0.384. The van der Waals surface area contributed by atoms with Crippen LogP contribution in [-0.4, -0.2) is 17.6 Å². The van der Waals surface area contributed by atoms with Crippen LogP contribution in [0.5, 0.6) is 0 Å². The molecule has 2 atom stereocenters. The minimum atomic E-state index is -0.593. The second-order valence-corrected chi connectivity index (χ2v) is 3.39. The quantitative estimate of drug-likeness (QED) is 0.387. The van der Waals surface area contributed by atoms with Crippen molar-refractivity contribution in [1.29, 1.82) is 0 Å². The Morgan fingerprint density at radius 1 is 1.64 bits per heavy atom. The number of carbonyl (C=O) groups is 1. The molecule has 1 aliphatic rings. The first-order valence-electron chi connectivity index (χ1n) is 3.58. The summed E-state index contributed by atoms with van der Waals surface area (Å²) in [7, 11) is 0. The maximum atomic E-state index is 11.0. The summed E-state index contributed by atoms with van der Waals surface area (Å²) in [6.07, 6.45) is 0. The lowest BCUT2D eigenvalue weighted by molar-refractivity contribution is -0.146. The maximum Gasteiger partial charge on any atom is 0.391 e. The van der Waals surface area contributed by atoms with Gasteiger partial charge in [0.15, 0.2) is 0 Å². The van der Waals surface area contributed by atoms with Gasteiger partial charge in [-0.3, -0.25) is 0 Å². The average molecular weight is 153 g/mol. The zero-order valence-corrected chi connectivity index (χ0v) is 6.92. The summed E-state index contributed by atoms with van der Waals surface area (Å²) in [5.41, 5.74) is -0.466. The second kappa shape index (κ2) is 2.23. The summed E-state index contributed by atoms with van der Waals surface area (Å²) >= 11 is 0. The van der Waals surface area contributed by atoms with Crippen molar-refractivity contribution in [2.75, 3.05) is 0 Å². The van der Waals surface area contributed by atoms with Crippen molar-refractivity contribution < 1.29 is 9.53 Å². The molecule has 1 fully saturated rings. The highest BCUT2D eigenvalue weighted by Gasteiger charge is 2.52. The molecule has 60 valence electrons. The van der Waals surface area contributed by atoms with Gasteiger partial charge in [0, 0.05) is 0 Å². The van der Waals surface area contributed by atoms with Crippen LogP contribution >= 0.6 is 0 Å². The van der Waals surface area contributed by atoms with Gasteiger partial charge in [-0.25, -0.2) is 11.4 Å². The topological polar surface area (TPSA) is 30.7 Å². The van der Waals surface area contributed by atoms with Gasteiger partial charge in [0.1, 0.15) is 5.60 Å². The Morgan fingerprint density at radius 2 is 2.18 bits per heavy atom. The summed E-state index contributed by atoms with van der Waals surface area (Å²) in [6.45, 7) is 12.3. The minimum absolute atomic E-state index is 0.00694. The van der Waals surface area contributed by atoms with Crippen LogP contribution in [0.25, 0.3) is 4.85 Å². The van der Waals surface area contributed by atoms with Gasteiger partial charge in [0.25, 0.3) is 0 Å². The molecule has 1 heterocycles. The lowest BCUT2D eigenvalue weighted by Gasteiger charge is -2.19. The van der Waals surface area contributed by atoms with Gasteiger partial charge >= 0.3 is 12.0 Å². The van der Waals surface area contributed by atoms with Gasteiger partial charge in [-0.05, 0) is 13.8 Å². The van der Waals surface area contributed by atoms with Crippen molar-refractivity contribution in [3.05, 3.63) is 11.4 Å². The standard InChI is InChI=1S/C8H11NO2/c1-5-6(9-4)7(10)11-8(5,2)3/h5-6H,1-3H3/t5-,6?/m0/s1. The van der Waals surface area contributed by atoms with Crippen molar-refractivity contribution in [3.8, 4) is 0 Å². The Kier molecular flexibility index (Phi) is 1.63. The number of rotatable bonds is 0. The van der Waals surface area contributed by atoms with Crippen molar-refractivity contribution >= 4 is 5.97 Å². The van der Waals surface area contributed by atoms with E-state index in [0.29, 0.717) is 0 Å². The SMILES string of the molecule is [C-]#[N+]C1C(=O)OC(C)(C)[C@H]1C. The van der Waals surface area contributed by atoms with Crippen molar-refractivity contribution in [1.82, 2.24) is 0 Å². The van der Waals surface area contributed by atoms with E-state index in [2.05, 4.69) is 4.85 Å². The molecule has 1 unspecified atom stereocenters. The van der Waals surface area contributed by atoms with Crippen molar-refractivity contribution in [2.24, 2.45) is 5.92 Å². The van der Waals surface area contributed by atoms with E-state index in [9.17, 15) is 4.79 Å². The number of hydrogen-bond acceptors (Lipinski definition) is 2. The van der Waals surface area contributed by atoms with E-state index in [1.54, 1.807) is 0 Å². The summed E-state index contributed by atoms with van der Waals surface area (Å²) < 4.78 is 5.01. The number of carbonyl (C=O) groups excluding carboxylic acids is 1. The molecule has 3 heteroatoms. The number of cyclic esters (lactones) is 1. The third kappa shape index (κ3) is 1.09. The summed E-state index contributed by atoms with van der Waals surface area (Å²) in [5, 5.41) is 0. The first kappa shape index (κ1) is 8.06. The van der Waals surface area contributed by atoms with E-state index >= 15 is 0 Å². The number of esters is 1. The van der Waals surface area contributed by atoms with E-state index in [1.807, 2.05) is 20.8 Å². The highest BCUT2D eigenvalue weighted by molar-refractivity contribution is 5.81. The van der Waals surface area contributed by atoms with Gasteiger partial charge in [0.05, 0.1) is 5.92 Å². The van der Waals surface area contributed by atoms with E-state index < -0.39 is 11.6 Å². The van der Waals surface area contributed by atoms with Crippen LogP contribution in [0.2, 0.25) is 0 Å². The fourth-order valence-electron chi connectivity index (χ4n) is 1.16. The van der Waals surface area contributed by atoms with Crippen LogP contribution in [0.3, 0.4) is 0 Å². The third-order valence-corrected chi connectivity index (χ3v) is 2.31. The van der Waals surface area contributed by atoms with E-state index in [-0.39, 0.29) is 11.9 Å². The van der Waals surface area contributed by atoms with Gasteiger partial charge < -0.3 is 9.58 Å². The van der Waals surface area contributed by atoms with E-state index in [4.69, 9.17) is 11.3 Å². The first-order valence-corrected chi connectivity index (χ1v) is 3.58. The molecular weight excluding hydrogens is 142 g/mol. The minimum Gasteiger partial charge on any atom is -0.453 e. The van der Waals surface area contributed by atoms with Gasteiger partial charge in [-0.1, -0.05) is 6.92 Å². The Hall–Kier alpha value is -1.04. The zero-order chi connectivity index (χ0) is 8.65. The maximum absolute atomic E-state index is 11.0. The molecule has 11 heavy (non-hydrogen) atoms. The molecule has 0 N–H and O–H groups in total. The van der Waals surface area contributed by atoms with Crippen LogP contribution in [0.4, 0.5) is 0 Å². The second-order valence-electron chi connectivity index (χ2n) is 3.39. The smallest absolute Gasteiger partial charge is 0.391 e. The third-order valence-electron chi connectivity index (χ3n) is 2.31. The Bertz CT molecular complexity index is 227. The molecule has 0 aromatic carbocycles. The number of ether oxygens (including phenoxy) is 1. The predicted octanol–water partition coefficient (Wildman–Crippen LogP) is 1.25. The zero-order valence-electron chi connectivity index (χ0n) is 6.92. The fraction of sp³-hybridized carbons (Fsp3) is 0.750. The lowest BCUT2D eigenvalue weighted by Crippen LogP contribution is -2.28. The Labute approximate surface area is 66.2 Å². The Balaban J connectivity index is 2.90. The molecule has 0 aliphatic carbocycles.